The van der Waals surface area contributed by atoms with Gasteiger partial charge in [-0.15, -0.1) is 0 Å². The highest BCUT2D eigenvalue weighted by Crippen LogP contribution is 2.27. The van der Waals surface area contributed by atoms with Gasteiger partial charge in [0.25, 0.3) is 0 Å². The second-order valence-corrected chi connectivity index (χ2v) is 4.71. The van der Waals surface area contributed by atoms with Crippen LogP contribution in [-0.4, -0.2) is 16.3 Å². The van der Waals surface area contributed by atoms with E-state index in [0.29, 0.717) is 12.1 Å². The van der Waals surface area contributed by atoms with E-state index in [1.807, 2.05) is 27.1 Å². The lowest BCUT2D eigenvalue weighted by molar-refractivity contribution is 0.539. The summed E-state index contributed by atoms with van der Waals surface area (Å²) in [6.45, 7) is 4.64. The molecule has 0 fully saturated rings. The third kappa shape index (κ3) is 2.88. The highest BCUT2D eigenvalue weighted by atomic mass is 19.1. The molecule has 0 saturated carbocycles. The fourth-order valence-corrected chi connectivity index (χ4v) is 2.40. The van der Waals surface area contributed by atoms with E-state index in [-0.39, 0.29) is 6.04 Å². The number of rotatable bonds is 5. The topological polar surface area (TPSA) is 29.9 Å². The molecular formula is C15H19F2N3. The van der Waals surface area contributed by atoms with Gasteiger partial charge >= 0.3 is 0 Å². The van der Waals surface area contributed by atoms with Crippen molar-refractivity contribution >= 4 is 0 Å². The predicted molar refractivity (Wildman–Crippen MR) is 74.5 cm³/mol. The van der Waals surface area contributed by atoms with Gasteiger partial charge in [0.15, 0.2) is 0 Å². The van der Waals surface area contributed by atoms with Gasteiger partial charge in [0.05, 0.1) is 11.7 Å². The number of benzene rings is 1. The van der Waals surface area contributed by atoms with E-state index < -0.39 is 11.6 Å². The van der Waals surface area contributed by atoms with E-state index >= 15 is 0 Å². The summed E-state index contributed by atoms with van der Waals surface area (Å²) in [5.41, 5.74) is 2.29. The fourth-order valence-electron chi connectivity index (χ4n) is 2.40. The molecule has 0 aliphatic carbocycles. The van der Waals surface area contributed by atoms with Gasteiger partial charge in [0, 0.05) is 30.4 Å². The number of nitrogens with zero attached hydrogens (tertiary/aromatic N) is 2. The molecule has 20 heavy (non-hydrogen) atoms. The van der Waals surface area contributed by atoms with Crippen molar-refractivity contribution in [2.24, 2.45) is 7.05 Å². The maximum absolute atomic E-state index is 14.0. The minimum atomic E-state index is -0.566. The first kappa shape index (κ1) is 14.7. The molecule has 2 rings (SSSR count). The van der Waals surface area contributed by atoms with Crippen LogP contribution in [0.15, 0.2) is 24.4 Å². The molecule has 0 aliphatic rings. The summed E-state index contributed by atoms with van der Waals surface area (Å²) in [7, 11) is 1.84. The van der Waals surface area contributed by atoms with Crippen LogP contribution >= 0.6 is 0 Å². The third-order valence-electron chi connectivity index (χ3n) is 3.27. The summed E-state index contributed by atoms with van der Waals surface area (Å²) >= 11 is 0. The molecule has 0 amide bonds. The van der Waals surface area contributed by atoms with Gasteiger partial charge in [0.2, 0.25) is 0 Å². The summed E-state index contributed by atoms with van der Waals surface area (Å²) in [5.74, 6) is -1.11. The molecule has 0 bridgehead atoms. The van der Waals surface area contributed by atoms with Gasteiger partial charge in [-0.05, 0) is 19.0 Å². The van der Waals surface area contributed by atoms with Crippen molar-refractivity contribution in [1.29, 1.82) is 0 Å². The zero-order valence-corrected chi connectivity index (χ0v) is 12.0. The van der Waals surface area contributed by atoms with Crippen LogP contribution in [0.5, 0.6) is 0 Å². The average molecular weight is 279 g/mol. The molecule has 1 unspecified atom stereocenters. The van der Waals surface area contributed by atoms with Crippen molar-refractivity contribution in [3.8, 4) is 0 Å². The Labute approximate surface area is 117 Å². The summed E-state index contributed by atoms with van der Waals surface area (Å²) in [6.07, 6.45) is 2.65. The average Bonchev–Trinajstić information content (AvgIpc) is 2.78. The molecule has 1 aromatic carbocycles. The Balaban J connectivity index is 2.49. The van der Waals surface area contributed by atoms with Crippen LogP contribution in [0, 0.1) is 11.6 Å². The molecule has 2 aromatic rings. The van der Waals surface area contributed by atoms with Crippen LogP contribution in [0.3, 0.4) is 0 Å². The standard InChI is InChI=1S/C15H19F2N3/c1-4-14-12(9-20(3)19-14)15(18-5-2)11-7-6-10(16)8-13(11)17/h6-9,15,18H,4-5H2,1-3H3. The van der Waals surface area contributed by atoms with Crippen molar-refractivity contribution < 1.29 is 8.78 Å². The molecule has 0 aliphatic heterocycles. The van der Waals surface area contributed by atoms with Crippen molar-refractivity contribution in [1.82, 2.24) is 15.1 Å². The Hall–Kier alpha value is -1.75. The Morgan fingerprint density at radius 2 is 2.00 bits per heavy atom. The Morgan fingerprint density at radius 3 is 2.60 bits per heavy atom. The summed E-state index contributed by atoms with van der Waals surface area (Å²) in [4.78, 5) is 0. The molecule has 0 radical (unpaired) electrons. The molecule has 108 valence electrons. The van der Waals surface area contributed by atoms with E-state index in [1.54, 1.807) is 4.68 Å². The number of halogens is 2. The highest BCUT2D eigenvalue weighted by molar-refractivity contribution is 5.34. The number of nitrogens with one attached hydrogen (secondary N) is 1. The van der Waals surface area contributed by atoms with E-state index in [0.717, 1.165) is 23.7 Å². The minimum Gasteiger partial charge on any atom is -0.306 e. The predicted octanol–water partition coefficient (Wildman–Crippen LogP) is 2.96. The van der Waals surface area contributed by atoms with Gasteiger partial charge in [0.1, 0.15) is 11.6 Å². The van der Waals surface area contributed by atoms with Gasteiger partial charge in [-0.25, -0.2) is 8.78 Å². The SMILES string of the molecule is CCNC(c1ccc(F)cc1F)c1cn(C)nc1CC. The Bertz CT molecular complexity index is 593. The van der Waals surface area contributed by atoms with Crippen LogP contribution in [-0.2, 0) is 13.5 Å². The Kier molecular flexibility index (Phi) is 4.49. The van der Waals surface area contributed by atoms with Crippen molar-refractivity contribution in [3.63, 3.8) is 0 Å². The zero-order valence-electron chi connectivity index (χ0n) is 12.0. The van der Waals surface area contributed by atoms with E-state index in [1.165, 1.54) is 12.1 Å². The number of hydrogen-bond donors (Lipinski definition) is 1. The number of aryl methyl sites for hydroxylation is 2. The Morgan fingerprint density at radius 1 is 1.25 bits per heavy atom. The quantitative estimate of drug-likeness (QED) is 0.912. The third-order valence-corrected chi connectivity index (χ3v) is 3.27. The molecule has 0 saturated heterocycles. The van der Waals surface area contributed by atoms with Crippen LogP contribution in [0.1, 0.15) is 36.7 Å². The van der Waals surface area contributed by atoms with E-state index in [4.69, 9.17) is 0 Å². The van der Waals surface area contributed by atoms with Crippen LogP contribution in [0.4, 0.5) is 8.78 Å². The van der Waals surface area contributed by atoms with Crippen molar-refractivity contribution in [3.05, 3.63) is 52.9 Å². The van der Waals surface area contributed by atoms with E-state index in [9.17, 15) is 8.78 Å². The molecule has 3 nitrogen and oxygen atoms in total. The van der Waals surface area contributed by atoms with Crippen molar-refractivity contribution in [2.75, 3.05) is 6.54 Å². The highest BCUT2D eigenvalue weighted by Gasteiger charge is 2.22. The number of aromatic nitrogens is 2. The molecule has 1 heterocycles. The fraction of sp³-hybridized carbons (Fsp3) is 0.400. The minimum absolute atomic E-state index is 0.316. The lowest BCUT2D eigenvalue weighted by Crippen LogP contribution is -2.23. The smallest absolute Gasteiger partial charge is 0.131 e. The second kappa shape index (κ2) is 6.13. The lowest BCUT2D eigenvalue weighted by atomic mass is 9.97. The summed E-state index contributed by atoms with van der Waals surface area (Å²) in [6, 6.07) is 3.38. The van der Waals surface area contributed by atoms with Gasteiger partial charge < -0.3 is 5.32 Å². The molecule has 1 atom stereocenters. The largest absolute Gasteiger partial charge is 0.306 e. The second-order valence-electron chi connectivity index (χ2n) is 4.71. The zero-order chi connectivity index (χ0) is 14.7. The number of hydrogen-bond acceptors (Lipinski definition) is 2. The van der Waals surface area contributed by atoms with Gasteiger partial charge in [-0.3, -0.25) is 4.68 Å². The van der Waals surface area contributed by atoms with Crippen molar-refractivity contribution in [2.45, 2.75) is 26.3 Å². The van der Waals surface area contributed by atoms with Gasteiger partial charge in [-0.2, -0.15) is 5.10 Å². The first-order valence-corrected chi connectivity index (χ1v) is 6.77. The van der Waals surface area contributed by atoms with Gasteiger partial charge in [-0.1, -0.05) is 19.9 Å². The van der Waals surface area contributed by atoms with Crippen LogP contribution in [0.25, 0.3) is 0 Å². The molecule has 1 N–H and O–H groups in total. The molecule has 1 aromatic heterocycles. The van der Waals surface area contributed by atoms with E-state index in [2.05, 4.69) is 10.4 Å². The maximum atomic E-state index is 14.0. The summed E-state index contributed by atoms with van der Waals surface area (Å²) < 4.78 is 28.8. The molecular weight excluding hydrogens is 260 g/mol. The molecule has 5 heteroatoms. The lowest BCUT2D eigenvalue weighted by Gasteiger charge is -2.19. The summed E-state index contributed by atoms with van der Waals surface area (Å²) in [5, 5.41) is 7.63. The van der Waals surface area contributed by atoms with Crippen LogP contribution < -0.4 is 5.32 Å². The maximum Gasteiger partial charge on any atom is 0.131 e. The normalized spacial score (nSPS) is 12.7. The molecule has 0 spiro atoms. The first-order chi connectivity index (χ1) is 9.56. The van der Waals surface area contributed by atoms with Crippen LogP contribution in [0.2, 0.25) is 0 Å². The monoisotopic (exact) mass is 279 g/mol. The first-order valence-electron chi connectivity index (χ1n) is 6.77.